The SMILES string of the molecule is COc1ccc(C2C(C(=O)NCc3ccccc3OC)CCC(=O)N2c2cc(OC)c(OC)c(OC)c2)cc1. The third-order valence-corrected chi connectivity index (χ3v) is 6.96. The van der Waals surface area contributed by atoms with Crippen LogP contribution in [0.25, 0.3) is 0 Å². The van der Waals surface area contributed by atoms with Gasteiger partial charge in [0, 0.05) is 30.7 Å². The maximum absolute atomic E-state index is 13.7. The van der Waals surface area contributed by atoms with E-state index in [-0.39, 0.29) is 18.2 Å². The number of benzene rings is 3. The molecule has 4 rings (SSSR count). The largest absolute Gasteiger partial charge is 0.497 e. The summed E-state index contributed by atoms with van der Waals surface area (Å²) >= 11 is 0. The number of hydrogen-bond donors (Lipinski definition) is 1. The Morgan fingerprint density at radius 2 is 1.49 bits per heavy atom. The number of rotatable bonds is 10. The lowest BCUT2D eigenvalue weighted by Crippen LogP contribution is -2.48. The molecular weight excluding hydrogens is 500 g/mol. The number of hydrogen-bond acceptors (Lipinski definition) is 7. The highest BCUT2D eigenvalue weighted by Gasteiger charge is 2.42. The van der Waals surface area contributed by atoms with Crippen molar-refractivity contribution in [3.8, 4) is 28.7 Å². The highest BCUT2D eigenvalue weighted by atomic mass is 16.5. The summed E-state index contributed by atoms with van der Waals surface area (Å²) in [5, 5.41) is 3.06. The molecule has 2 atom stereocenters. The van der Waals surface area contributed by atoms with Crippen molar-refractivity contribution in [3.63, 3.8) is 0 Å². The first kappa shape index (κ1) is 27.6. The zero-order valence-electron chi connectivity index (χ0n) is 22.9. The van der Waals surface area contributed by atoms with Crippen molar-refractivity contribution in [1.82, 2.24) is 5.32 Å². The zero-order valence-corrected chi connectivity index (χ0v) is 22.9. The van der Waals surface area contributed by atoms with Crippen LogP contribution in [0.3, 0.4) is 0 Å². The van der Waals surface area contributed by atoms with Crippen molar-refractivity contribution in [1.29, 1.82) is 0 Å². The summed E-state index contributed by atoms with van der Waals surface area (Å²) in [7, 11) is 7.76. The Bertz CT molecular complexity index is 1280. The molecule has 1 heterocycles. The molecule has 39 heavy (non-hydrogen) atoms. The van der Waals surface area contributed by atoms with Gasteiger partial charge in [0.05, 0.1) is 53.2 Å². The molecule has 0 aromatic heterocycles. The van der Waals surface area contributed by atoms with Gasteiger partial charge in [-0.15, -0.1) is 0 Å². The van der Waals surface area contributed by atoms with E-state index < -0.39 is 12.0 Å². The maximum Gasteiger partial charge on any atom is 0.227 e. The number of piperidine rings is 1. The lowest BCUT2D eigenvalue weighted by Gasteiger charge is -2.41. The molecule has 1 aliphatic rings. The normalized spacial score (nSPS) is 16.8. The first-order valence-electron chi connectivity index (χ1n) is 12.6. The van der Waals surface area contributed by atoms with Crippen LogP contribution in [-0.4, -0.2) is 47.4 Å². The molecule has 9 nitrogen and oxygen atoms in total. The molecule has 2 unspecified atom stereocenters. The number of carbonyl (C=O) groups is 2. The van der Waals surface area contributed by atoms with Gasteiger partial charge >= 0.3 is 0 Å². The minimum atomic E-state index is -0.586. The second kappa shape index (κ2) is 12.4. The molecule has 0 aliphatic carbocycles. The van der Waals surface area contributed by atoms with Crippen LogP contribution in [0.15, 0.2) is 60.7 Å². The number of methoxy groups -OCH3 is 5. The summed E-state index contributed by atoms with van der Waals surface area (Å²) < 4.78 is 27.4. The van der Waals surface area contributed by atoms with E-state index in [4.69, 9.17) is 23.7 Å². The average molecular weight is 535 g/mol. The Balaban J connectivity index is 1.75. The summed E-state index contributed by atoms with van der Waals surface area (Å²) in [6.07, 6.45) is 0.601. The Morgan fingerprint density at radius 1 is 0.846 bits per heavy atom. The van der Waals surface area contributed by atoms with Crippen molar-refractivity contribution >= 4 is 17.5 Å². The monoisotopic (exact) mass is 534 g/mol. The molecule has 1 fully saturated rings. The number of para-hydroxylation sites is 1. The van der Waals surface area contributed by atoms with Crippen LogP contribution < -0.4 is 33.9 Å². The highest BCUT2D eigenvalue weighted by molar-refractivity contribution is 5.98. The average Bonchev–Trinajstić information content (AvgIpc) is 2.98. The lowest BCUT2D eigenvalue weighted by molar-refractivity contribution is -0.129. The number of anilines is 1. The summed E-state index contributed by atoms with van der Waals surface area (Å²) in [5.74, 6) is 1.82. The van der Waals surface area contributed by atoms with E-state index in [0.29, 0.717) is 47.4 Å². The van der Waals surface area contributed by atoms with Crippen LogP contribution in [0.2, 0.25) is 0 Å². The van der Waals surface area contributed by atoms with Gasteiger partial charge < -0.3 is 33.9 Å². The third kappa shape index (κ3) is 5.72. The first-order valence-corrected chi connectivity index (χ1v) is 12.6. The fourth-order valence-electron chi connectivity index (χ4n) is 5.02. The van der Waals surface area contributed by atoms with Crippen molar-refractivity contribution in [3.05, 3.63) is 71.8 Å². The van der Waals surface area contributed by atoms with Gasteiger partial charge in [0.15, 0.2) is 11.5 Å². The van der Waals surface area contributed by atoms with Crippen molar-refractivity contribution < 1.29 is 33.3 Å². The van der Waals surface area contributed by atoms with Crippen LogP contribution in [0.4, 0.5) is 5.69 Å². The van der Waals surface area contributed by atoms with Crippen LogP contribution in [0, 0.1) is 5.92 Å². The molecule has 0 spiro atoms. The fraction of sp³-hybridized carbons (Fsp3) is 0.333. The molecule has 3 aromatic carbocycles. The van der Waals surface area contributed by atoms with Gasteiger partial charge in [-0.05, 0) is 30.2 Å². The minimum absolute atomic E-state index is 0.112. The van der Waals surface area contributed by atoms with E-state index in [1.807, 2.05) is 48.5 Å². The number of nitrogens with zero attached hydrogens (tertiary/aromatic N) is 1. The molecule has 1 saturated heterocycles. The summed E-state index contributed by atoms with van der Waals surface area (Å²) in [5.41, 5.74) is 2.20. The molecule has 3 aromatic rings. The molecule has 206 valence electrons. The molecule has 0 saturated carbocycles. The van der Waals surface area contributed by atoms with E-state index in [0.717, 1.165) is 11.1 Å². The van der Waals surface area contributed by atoms with Crippen LogP contribution >= 0.6 is 0 Å². The van der Waals surface area contributed by atoms with Crippen molar-refractivity contribution in [2.45, 2.75) is 25.4 Å². The third-order valence-electron chi connectivity index (χ3n) is 6.96. The predicted octanol–water partition coefficient (Wildman–Crippen LogP) is 4.53. The number of carbonyl (C=O) groups excluding carboxylic acids is 2. The molecule has 0 radical (unpaired) electrons. The van der Waals surface area contributed by atoms with Crippen molar-refractivity contribution in [2.75, 3.05) is 40.4 Å². The topological polar surface area (TPSA) is 95.6 Å². The van der Waals surface area contributed by atoms with Gasteiger partial charge in [-0.3, -0.25) is 9.59 Å². The van der Waals surface area contributed by atoms with Crippen LogP contribution in [-0.2, 0) is 16.1 Å². The van der Waals surface area contributed by atoms with E-state index in [2.05, 4.69) is 5.32 Å². The van der Waals surface area contributed by atoms with Gasteiger partial charge in [-0.1, -0.05) is 30.3 Å². The second-order valence-corrected chi connectivity index (χ2v) is 9.04. The molecular formula is C30H34N2O7. The summed E-state index contributed by atoms with van der Waals surface area (Å²) in [6.45, 7) is 0.298. The molecule has 0 bridgehead atoms. The first-order chi connectivity index (χ1) is 18.9. The predicted molar refractivity (Wildman–Crippen MR) is 147 cm³/mol. The highest BCUT2D eigenvalue weighted by Crippen LogP contribution is 2.46. The quantitative estimate of drug-likeness (QED) is 0.408. The smallest absolute Gasteiger partial charge is 0.227 e. The number of ether oxygens (including phenoxy) is 5. The Labute approximate surface area is 228 Å². The maximum atomic E-state index is 13.7. The Hall–Kier alpha value is -4.40. The van der Waals surface area contributed by atoms with Crippen LogP contribution in [0.1, 0.15) is 30.0 Å². The molecule has 2 amide bonds. The van der Waals surface area contributed by atoms with Gasteiger partial charge in [-0.25, -0.2) is 0 Å². The summed E-state index contributed by atoms with van der Waals surface area (Å²) in [4.78, 5) is 28.9. The fourth-order valence-corrected chi connectivity index (χ4v) is 5.02. The van der Waals surface area contributed by atoms with Gasteiger partial charge in [0.2, 0.25) is 17.6 Å². The van der Waals surface area contributed by atoms with E-state index in [1.165, 1.54) is 21.3 Å². The molecule has 1 aliphatic heterocycles. The Kier molecular flexibility index (Phi) is 8.81. The van der Waals surface area contributed by atoms with Crippen molar-refractivity contribution in [2.24, 2.45) is 5.92 Å². The number of amides is 2. The van der Waals surface area contributed by atoms with E-state index >= 15 is 0 Å². The van der Waals surface area contributed by atoms with Crippen LogP contribution in [0.5, 0.6) is 28.7 Å². The standard InChI is InChI=1S/C30H34N2O7/c1-35-22-12-10-19(11-13-22)28-23(30(34)31-18-20-8-6-7-9-24(20)36-2)14-15-27(33)32(28)21-16-25(37-3)29(39-5)26(17-21)38-4/h6-13,16-17,23,28H,14-15,18H2,1-5H3,(H,31,34). The second-order valence-electron chi connectivity index (χ2n) is 9.04. The van der Waals surface area contributed by atoms with E-state index in [9.17, 15) is 9.59 Å². The molecule has 9 heteroatoms. The Morgan fingerprint density at radius 3 is 2.08 bits per heavy atom. The lowest BCUT2D eigenvalue weighted by atomic mass is 9.83. The van der Waals surface area contributed by atoms with Gasteiger partial charge in [0.1, 0.15) is 11.5 Å². The van der Waals surface area contributed by atoms with Gasteiger partial charge in [0.25, 0.3) is 0 Å². The minimum Gasteiger partial charge on any atom is -0.497 e. The van der Waals surface area contributed by atoms with Gasteiger partial charge in [-0.2, -0.15) is 0 Å². The molecule has 1 N–H and O–H groups in total. The zero-order chi connectivity index (χ0) is 27.9. The summed E-state index contributed by atoms with van der Waals surface area (Å²) in [6, 6.07) is 17.8. The number of nitrogens with one attached hydrogen (secondary N) is 1. The van der Waals surface area contributed by atoms with E-state index in [1.54, 1.807) is 31.3 Å².